The van der Waals surface area contributed by atoms with Gasteiger partial charge < -0.3 is 24.1 Å². The Kier molecular flexibility index (Phi) is 39.6. The second-order valence-electron chi connectivity index (χ2n) is 21.5. The van der Waals surface area contributed by atoms with Crippen LogP contribution in [-0.2, 0) is 6.61 Å². The predicted molar refractivity (Wildman–Crippen MR) is 313 cm³/mol. The van der Waals surface area contributed by atoms with Gasteiger partial charge in [-0.05, 0) is 83.8 Å². The third-order valence-corrected chi connectivity index (χ3v) is 14.8. The number of hydrogen-bond donors (Lipinski definition) is 1. The van der Waals surface area contributed by atoms with Crippen molar-refractivity contribution in [3.8, 4) is 45.3 Å². The number of aliphatic hydroxyl groups excluding tert-OH is 1. The fourth-order valence-corrected chi connectivity index (χ4v) is 10.1. The average molecular weight is 998 g/mol. The van der Waals surface area contributed by atoms with E-state index in [1.807, 2.05) is 6.07 Å². The molecule has 0 bridgehead atoms. The van der Waals surface area contributed by atoms with Crippen molar-refractivity contribution in [3.63, 3.8) is 0 Å². The molecule has 3 rings (SSSR count). The summed E-state index contributed by atoms with van der Waals surface area (Å²) in [6.07, 6.45) is 52.1. The first-order valence-electron chi connectivity index (χ1n) is 31.2. The molecule has 0 heterocycles. The third-order valence-electron chi connectivity index (χ3n) is 14.8. The number of ether oxygens (including phenoxy) is 4. The quantitative estimate of drug-likeness (QED) is 0.0571. The minimum absolute atomic E-state index is 0.0195. The number of aliphatic hydroxyl groups is 1. The highest BCUT2D eigenvalue weighted by atomic mass is 16.5. The van der Waals surface area contributed by atoms with Crippen LogP contribution in [0.25, 0.3) is 22.3 Å². The van der Waals surface area contributed by atoms with Gasteiger partial charge in [-0.3, -0.25) is 0 Å². The topological polar surface area (TPSA) is 57.2 Å². The van der Waals surface area contributed by atoms with Crippen LogP contribution in [0.3, 0.4) is 0 Å². The van der Waals surface area contributed by atoms with Crippen molar-refractivity contribution in [2.75, 3.05) is 26.4 Å². The van der Waals surface area contributed by atoms with Gasteiger partial charge in [0.1, 0.15) is 0 Å². The van der Waals surface area contributed by atoms with Crippen LogP contribution in [0.15, 0.2) is 54.6 Å². The van der Waals surface area contributed by atoms with Gasteiger partial charge in [-0.2, -0.15) is 0 Å². The summed E-state index contributed by atoms with van der Waals surface area (Å²) >= 11 is 0. The van der Waals surface area contributed by atoms with E-state index in [0.717, 1.165) is 76.5 Å². The number of benzene rings is 3. The molecule has 72 heavy (non-hydrogen) atoms. The summed E-state index contributed by atoms with van der Waals surface area (Å²) in [6.45, 7) is 11.9. The lowest BCUT2D eigenvalue weighted by molar-refractivity contribution is 0.258. The van der Waals surface area contributed by atoms with Gasteiger partial charge in [-0.25, -0.2) is 0 Å². The molecule has 0 fully saturated rings. The summed E-state index contributed by atoms with van der Waals surface area (Å²) in [6, 6.07) is 19.3. The highest BCUT2D eigenvalue weighted by Gasteiger charge is 2.16. The summed E-state index contributed by atoms with van der Waals surface area (Å²) in [7, 11) is 0. The van der Waals surface area contributed by atoms with Gasteiger partial charge in [-0.1, -0.05) is 283 Å². The predicted octanol–water partition coefficient (Wildman–Crippen LogP) is 21.7. The normalized spacial score (nSPS) is 11.4. The molecule has 0 aliphatic carbocycles. The summed E-state index contributed by atoms with van der Waals surface area (Å²) < 4.78 is 26.3. The van der Waals surface area contributed by atoms with E-state index in [1.165, 1.54) is 231 Å². The zero-order valence-electron chi connectivity index (χ0n) is 47.6. The number of rotatable bonds is 51. The molecule has 0 saturated carbocycles. The minimum atomic E-state index is -0.0195. The zero-order valence-corrected chi connectivity index (χ0v) is 47.6. The molecular weight excluding hydrogens is 885 g/mol. The molecule has 5 nitrogen and oxygen atoms in total. The lowest BCUT2D eigenvalue weighted by atomic mass is 9.92. The second kappa shape index (κ2) is 45.2. The highest BCUT2D eigenvalue weighted by Crippen LogP contribution is 2.41. The monoisotopic (exact) mass is 997 g/mol. The van der Waals surface area contributed by atoms with Crippen molar-refractivity contribution in [1.29, 1.82) is 0 Å². The van der Waals surface area contributed by atoms with Crippen molar-refractivity contribution in [1.82, 2.24) is 0 Å². The molecule has 0 radical (unpaired) electrons. The molecular formula is C67H112O5. The van der Waals surface area contributed by atoms with Crippen molar-refractivity contribution in [3.05, 3.63) is 60.2 Å². The summed E-state index contributed by atoms with van der Waals surface area (Å²) in [5.41, 5.74) is 5.17. The molecule has 5 heteroatoms. The van der Waals surface area contributed by atoms with E-state index in [0.29, 0.717) is 26.4 Å². The van der Waals surface area contributed by atoms with Crippen molar-refractivity contribution in [2.45, 2.75) is 291 Å². The average Bonchev–Trinajstić information content (AvgIpc) is 3.40. The Morgan fingerprint density at radius 1 is 0.264 bits per heavy atom. The van der Waals surface area contributed by atoms with Crippen LogP contribution in [0.1, 0.15) is 290 Å². The Morgan fingerprint density at radius 2 is 0.528 bits per heavy atom. The third kappa shape index (κ3) is 30.3. The Hall–Kier alpha value is -3.18. The minimum Gasteiger partial charge on any atom is -0.490 e. The Morgan fingerprint density at radius 3 is 0.819 bits per heavy atom. The van der Waals surface area contributed by atoms with Crippen molar-refractivity contribution in [2.24, 2.45) is 0 Å². The smallest absolute Gasteiger partial charge is 0.161 e. The molecule has 3 aromatic carbocycles. The van der Waals surface area contributed by atoms with Gasteiger partial charge in [0.25, 0.3) is 0 Å². The Bertz CT molecular complexity index is 1680. The number of hydrogen-bond acceptors (Lipinski definition) is 5. The maximum Gasteiger partial charge on any atom is 0.161 e. The van der Waals surface area contributed by atoms with Crippen LogP contribution in [0.2, 0.25) is 0 Å². The molecule has 3 aromatic rings. The van der Waals surface area contributed by atoms with Gasteiger partial charge in [-0.15, -0.1) is 0 Å². The highest BCUT2D eigenvalue weighted by molar-refractivity contribution is 5.85. The zero-order chi connectivity index (χ0) is 51.2. The molecule has 0 unspecified atom stereocenters. The van der Waals surface area contributed by atoms with E-state index in [1.54, 1.807) is 0 Å². The van der Waals surface area contributed by atoms with E-state index in [9.17, 15) is 5.11 Å². The number of unbranched alkanes of at least 4 members (excludes halogenated alkanes) is 36. The molecule has 0 atom stereocenters. The van der Waals surface area contributed by atoms with Crippen LogP contribution < -0.4 is 18.9 Å². The van der Waals surface area contributed by atoms with Crippen LogP contribution in [0, 0.1) is 0 Å². The molecule has 410 valence electrons. The molecule has 0 amide bonds. The standard InChI is InChI=1S/C67H112O5/c1-5-9-13-17-21-25-29-33-37-41-51-69-64-49-46-60(56-66(64)71-53-43-39-35-31-27-23-19-15-11-7-3)62-48-45-59(58-68)55-63(62)61-47-50-65(70-52-42-38-34-30-26-22-18-14-10-6-2)67(57-61)72-54-44-40-36-32-28-24-20-16-12-8-4/h45-50,55-57,68H,5-44,51-54,58H2,1-4H3. The first kappa shape index (κ1) is 63.1. The van der Waals surface area contributed by atoms with E-state index in [2.05, 4.69) is 76.2 Å². The first-order valence-corrected chi connectivity index (χ1v) is 31.2. The van der Waals surface area contributed by atoms with Crippen LogP contribution >= 0.6 is 0 Å². The summed E-state index contributed by atoms with van der Waals surface area (Å²) in [4.78, 5) is 0. The molecule has 0 aliphatic heterocycles. The van der Waals surface area contributed by atoms with Gasteiger partial charge in [0.15, 0.2) is 23.0 Å². The van der Waals surface area contributed by atoms with Crippen LogP contribution in [0.4, 0.5) is 0 Å². The molecule has 1 N–H and O–H groups in total. The molecule has 0 saturated heterocycles. The van der Waals surface area contributed by atoms with Crippen LogP contribution in [0.5, 0.6) is 23.0 Å². The van der Waals surface area contributed by atoms with E-state index >= 15 is 0 Å². The van der Waals surface area contributed by atoms with Crippen LogP contribution in [-0.4, -0.2) is 31.5 Å². The molecule has 0 aromatic heterocycles. The Balaban J connectivity index is 1.75. The maximum atomic E-state index is 10.4. The van der Waals surface area contributed by atoms with E-state index < -0.39 is 0 Å². The maximum absolute atomic E-state index is 10.4. The van der Waals surface area contributed by atoms with Crippen molar-refractivity contribution < 1.29 is 24.1 Å². The van der Waals surface area contributed by atoms with Gasteiger partial charge in [0.2, 0.25) is 0 Å². The second-order valence-corrected chi connectivity index (χ2v) is 21.5. The first-order chi connectivity index (χ1) is 35.6. The lowest BCUT2D eigenvalue weighted by Crippen LogP contribution is -2.04. The van der Waals surface area contributed by atoms with Gasteiger partial charge in [0, 0.05) is 0 Å². The van der Waals surface area contributed by atoms with Crippen molar-refractivity contribution >= 4 is 0 Å². The van der Waals surface area contributed by atoms with E-state index in [4.69, 9.17) is 18.9 Å². The van der Waals surface area contributed by atoms with Gasteiger partial charge >= 0.3 is 0 Å². The SMILES string of the molecule is CCCCCCCCCCCCOc1ccc(-c2ccc(CO)cc2-c2ccc(OCCCCCCCCCCCC)c(OCCCCCCCCCCCC)c2)cc1OCCCCCCCCCCCC. The Labute approximate surface area is 445 Å². The molecule has 0 spiro atoms. The lowest BCUT2D eigenvalue weighted by Gasteiger charge is -2.18. The van der Waals surface area contributed by atoms with Gasteiger partial charge in [0.05, 0.1) is 33.0 Å². The van der Waals surface area contributed by atoms with E-state index in [-0.39, 0.29) is 6.61 Å². The summed E-state index contributed by atoms with van der Waals surface area (Å²) in [5.74, 6) is 3.30. The fraction of sp³-hybridized carbons (Fsp3) is 0.731. The summed E-state index contributed by atoms with van der Waals surface area (Å²) in [5, 5.41) is 10.4. The fourth-order valence-electron chi connectivity index (χ4n) is 10.1. The molecule has 0 aliphatic rings. The largest absolute Gasteiger partial charge is 0.490 e.